The summed E-state index contributed by atoms with van der Waals surface area (Å²) in [5.74, 6) is -0.687. The van der Waals surface area contributed by atoms with Gasteiger partial charge in [0, 0.05) is 0 Å². The second-order valence-corrected chi connectivity index (χ2v) is 28.5. The van der Waals surface area contributed by atoms with Crippen LogP contribution in [-0.2, 0) is 14.3 Å². The lowest BCUT2D eigenvalue weighted by Gasteiger charge is -2.40. The molecular weight excluding hydrogens is 1120 g/mol. The first-order valence-corrected chi connectivity index (χ1v) is 40.1. The third kappa shape index (κ3) is 54.0. The van der Waals surface area contributed by atoms with Crippen LogP contribution < -0.4 is 5.32 Å². The summed E-state index contributed by atoms with van der Waals surface area (Å²) in [6, 6.07) is -1.17. The lowest BCUT2D eigenvalue weighted by molar-refractivity contribution is -0.303. The Morgan fingerprint density at radius 3 is 0.933 bits per heavy atom. The van der Waals surface area contributed by atoms with Crippen molar-refractivity contribution in [1.29, 1.82) is 0 Å². The average Bonchev–Trinajstić information content (AvgIpc) is 1.22. The molecule has 536 valence electrons. The first-order valence-electron chi connectivity index (χ1n) is 40.1. The lowest BCUT2D eigenvalue weighted by atomic mass is 9.98. The lowest BCUT2D eigenvalue weighted by Crippen LogP contribution is -2.60. The summed E-state index contributed by atoms with van der Waals surface area (Å²) in [4.78, 5) is 13.3. The zero-order chi connectivity index (χ0) is 65.3. The second kappa shape index (κ2) is 67.8. The molecule has 1 amide bonds. The van der Waals surface area contributed by atoms with Crippen LogP contribution in [0.4, 0.5) is 0 Å². The van der Waals surface area contributed by atoms with E-state index in [4.69, 9.17) is 9.47 Å². The number of nitrogens with one attached hydrogen (secondary N) is 1. The molecule has 90 heavy (non-hydrogen) atoms. The molecule has 0 aromatic rings. The van der Waals surface area contributed by atoms with Gasteiger partial charge in [-0.05, 0) is 38.5 Å². The van der Waals surface area contributed by atoms with E-state index in [0.29, 0.717) is 19.3 Å². The van der Waals surface area contributed by atoms with Crippen LogP contribution in [0.5, 0.6) is 0 Å². The van der Waals surface area contributed by atoms with E-state index in [1.54, 1.807) is 0 Å². The molecule has 0 spiro atoms. The summed E-state index contributed by atoms with van der Waals surface area (Å²) in [6.45, 7) is 3.54. The van der Waals surface area contributed by atoms with Crippen molar-refractivity contribution in [1.82, 2.24) is 5.32 Å². The second-order valence-electron chi connectivity index (χ2n) is 28.5. The number of aliphatic hydroxyl groups excluding tert-OH is 7. The minimum Gasteiger partial charge on any atom is -0.394 e. The van der Waals surface area contributed by atoms with Crippen molar-refractivity contribution in [2.24, 2.45) is 0 Å². The van der Waals surface area contributed by atoms with Crippen molar-refractivity contribution in [2.45, 2.75) is 473 Å². The van der Waals surface area contributed by atoms with Crippen LogP contribution in [0, 0.1) is 0 Å². The van der Waals surface area contributed by atoms with E-state index in [1.165, 1.54) is 340 Å². The van der Waals surface area contributed by atoms with Gasteiger partial charge in [-0.15, -0.1) is 0 Å². The van der Waals surface area contributed by atoms with Crippen molar-refractivity contribution >= 4 is 5.91 Å². The standard InChI is InChI=1S/C79H155NO10/c1-3-5-7-9-11-13-15-17-19-21-23-25-27-29-31-33-34-35-36-37-39-41-43-45-47-49-51-53-55-57-59-61-63-65-67-72(83)78(88)80-70(69-89-79-77(87)76(86)75(85)73(68-81)90-79)74(84)71(82)66-64-62-60-58-56-54-52-50-48-46-44-42-40-38-32-30-28-26-24-22-20-18-16-14-12-10-8-6-4-2/h33-34,70-77,79,81-87H,3-32,35-69H2,1-2H3,(H,80,88)/b34-33-. The molecule has 1 fully saturated rings. The number of carbonyl (C=O) groups is 1. The van der Waals surface area contributed by atoms with E-state index in [9.17, 15) is 40.5 Å². The monoisotopic (exact) mass is 1280 g/mol. The van der Waals surface area contributed by atoms with Gasteiger partial charge in [0.05, 0.1) is 25.4 Å². The van der Waals surface area contributed by atoms with Gasteiger partial charge >= 0.3 is 0 Å². The highest BCUT2D eigenvalue weighted by molar-refractivity contribution is 5.80. The molecule has 0 aliphatic carbocycles. The predicted molar refractivity (Wildman–Crippen MR) is 381 cm³/mol. The molecule has 0 saturated carbocycles. The van der Waals surface area contributed by atoms with Crippen molar-refractivity contribution in [3.05, 3.63) is 12.2 Å². The molecule has 0 aromatic heterocycles. The summed E-state index contributed by atoms with van der Waals surface area (Å²) in [5, 5.41) is 76.8. The molecule has 9 unspecified atom stereocenters. The topological polar surface area (TPSA) is 189 Å². The molecule has 8 N–H and O–H groups in total. The number of rotatable bonds is 72. The molecule has 1 heterocycles. The Balaban J connectivity index is 2.12. The summed E-state index contributed by atoms with van der Waals surface area (Å²) < 4.78 is 11.2. The van der Waals surface area contributed by atoms with Gasteiger partial charge in [0.1, 0.15) is 36.6 Å². The molecule has 1 aliphatic rings. The fourth-order valence-electron chi connectivity index (χ4n) is 13.4. The molecule has 11 heteroatoms. The van der Waals surface area contributed by atoms with Gasteiger partial charge in [-0.25, -0.2) is 0 Å². The Kier molecular flexibility index (Phi) is 65.5. The number of allylic oxidation sites excluding steroid dienone is 2. The van der Waals surface area contributed by atoms with E-state index >= 15 is 0 Å². The van der Waals surface area contributed by atoms with E-state index < -0.39 is 74.2 Å². The van der Waals surface area contributed by atoms with E-state index in [2.05, 4.69) is 31.3 Å². The van der Waals surface area contributed by atoms with Gasteiger partial charge < -0.3 is 50.5 Å². The van der Waals surface area contributed by atoms with Gasteiger partial charge in [-0.3, -0.25) is 4.79 Å². The van der Waals surface area contributed by atoms with Crippen LogP contribution in [0.3, 0.4) is 0 Å². The van der Waals surface area contributed by atoms with E-state index in [1.807, 2.05) is 0 Å². The van der Waals surface area contributed by atoms with E-state index in [0.717, 1.165) is 38.5 Å². The van der Waals surface area contributed by atoms with Crippen molar-refractivity contribution in [3.63, 3.8) is 0 Å². The fraction of sp³-hybridized carbons (Fsp3) is 0.962. The highest BCUT2D eigenvalue weighted by Gasteiger charge is 2.44. The van der Waals surface area contributed by atoms with Crippen molar-refractivity contribution in [3.8, 4) is 0 Å². The minimum atomic E-state index is -1.66. The maximum absolute atomic E-state index is 13.3. The zero-order valence-electron chi connectivity index (χ0n) is 59.7. The van der Waals surface area contributed by atoms with Crippen LogP contribution in [0.2, 0.25) is 0 Å². The summed E-state index contributed by atoms with van der Waals surface area (Å²) in [7, 11) is 0. The highest BCUT2D eigenvalue weighted by Crippen LogP contribution is 2.25. The van der Waals surface area contributed by atoms with Gasteiger partial charge in [0.2, 0.25) is 5.91 Å². The molecule has 0 bridgehead atoms. The molecule has 1 rings (SSSR count). The van der Waals surface area contributed by atoms with Crippen LogP contribution in [0.25, 0.3) is 0 Å². The molecule has 1 aliphatic heterocycles. The molecular formula is C79H155NO10. The van der Waals surface area contributed by atoms with Crippen molar-refractivity contribution < 1.29 is 50.0 Å². The smallest absolute Gasteiger partial charge is 0.249 e. The normalized spacial score (nSPS) is 18.4. The summed E-state index contributed by atoms with van der Waals surface area (Å²) in [5.41, 5.74) is 0. The van der Waals surface area contributed by atoms with Crippen LogP contribution in [-0.4, -0.2) is 110 Å². The number of amides is 1. The molecule has 1 saturated heterocycles. The minimum absolute atomic E-state index is 0.265. The summed E-state index contributed by atoms with van der Waals surface area (Å²) in [6.07, 6.45) is 74.7. The Bertz CT molecular complexity index is 1470. The van der Waals surface area contributed by atoms with Crippen LogP contribution in [0.1, 0.15) is 418 Å². The third-order valence-electron chi connectivity index (χ3n) is 19.8. The summed E-state index contributed by atoms with van der Waals surface area (Å²) >= 11 is 0. The number of carbonyl (C=O) groups excluding carboxylic acids is 1. The number of unbranched alkanes of at least 4 members (excludes halogenated alkanes) is 58. The van der Waals surface area contributed by atoms with E-state index in [-0.39, 0.29) is 6.42 Å². The largest absolute Gasteiger partial charge is 0.394 e. The van der Waals surface area contributed by atoms with Gasteiger partial charge in [0.15, 0.2) is 6.29 Å². The maximum atomic E-state index is 13.3. The fourth-order valence-corrected chi connectivity index (χ4v) is 13.4. The van der Waals surface area contributed by atoms with Gasteiger partial charge in [-0.1, -0.05) is 392 Å². The molecule has 9 atom stereocenters. The molecule has 11 nitrogen and oxygen atoms in total. The Morgan fingerprint density at radius 2 is 0.644 bits per heavy atom. The van der Waals surface area contributed by atoms with Crippen LogP contribution in [0.15, 0.2) is 12.2 Å². The third-order valence-corrected chi connectivity index (χ3v) is 19.8. The quantitative estimate of drug-likeness (QED) is 0.0215. The Morgan fingerprint density at radius 1 is 0.378 bits per heavy atom. The first-order chi connectivity index (χ1) is 44.2. The predicted octanol–water partition coefficient (Wildman–Crippen LogP) is 20.5. The number of hydrogen-bond donors (Lipinski definition) is 8. The number of ether oxygens (including phenoxy) is 2. The van der Waals surface area contributed by atoms with Gasteiger partial charge in [0.25, 0.3) is 0 Å². The zero-order valence-corrected chi connectivity index (χ0v) is 59.7. The number of aliphatic hydroxyl groups is 7. The van der Waals surface area contributed by atoms with Gasteiger partial charge in [-0.2, -0.15) is 0 Å². The maximum Gasteiger partial charge on any atom is 0.249 e. The van der Waals surface area contributed by atoms with Crippen molar-refractivity contribution in [2.75, 3.05) is 13.2 Å². The number of hydrogen-bond acceptors (Lipinski definition) is 10. The van der Waals surface area contributed by atoms with Crippen LogP contribution >= 0.6 is 0 Å². The average molecular weight is 1280 g/mol. The Hall–Kier alpha value is -1.15. The first kappa shape index (κ1) is 86.9. The molecule has 0 radical (unpaired) electrons. The Labute approximate surface area is 557 Å². The SMILES string of the molecule is CCCCCCCCCCCCCCCC/C=C\CCCCCCCCCCCCCCCCCCC(O)C(=O)NC(COC1OC(CO)C(O)C(O)C1O)C(O)C(O)CCCCCCCCCCCCCCCCCCCCCCCCCCCCCCC. The molecule has 0 aromatic carbocycles. The highest BCUT2D eigenvalue weighted by atomic mass is 16.7.